The van der Waals surface area contributed by atoms with Gasteiger partial charge in [-0.25, -0.2) is 4.98 Å². The van der Waals surface area contributed by atoms with Gasteiger partial charge in [-0.2, -0.15) is 5.10 Å². The van der Waals surface area contributed by atoms with Gasteiger partial charge >= 0.3 is 0 Å². The van der Waals surface area contributed by atoms with Gasteiger partial charge in [0.15, 0.2) is 0 Å². The lowest BCUT2D eigenvalue weighted by atomic mass is 10.1. The molecule has 0 atom stereocenters. The quantitative estimate of drug-likeness (QED) is 0.117. The van der Waals surface area contributed by atoms with E-state index in [2.05, 4.69) is 71.1 Å². The molecule has 4 heterocycles. The molecule has 1 fully saturated rings. The number of hydrogen-bond donors (Lipinski definition) is 0. The van der Waals surface area contributed by atoms with Crippen molar-refractivity contribution in [3.63, 3.8) is 0 Å². The summed E-state index contributed by atoms with van der Waals surface area (Å²) in [6.45, 7) is 10.0. The van der Waals surface area contributed by atoms with E-state index in [0.717, 1.165) is 63.9 Å². The summed E-state index contributed by atoms with van der Waals surface area (Å²) in [7, 11) is 2.95. The highest BCUT2D eigenvalue weighted by molar-refractivity contribution is 7.15. The Kier molecular flexibility index (Phi) is 8.70. The fourth-order valence-electron chi connectivity index (χ4n) is 4.67. The van der Waals surface area contributed by atoms with Crippen molar-refractivity contribution in [1.82, 2.24) is 34.8 Å². The lowest BCUT2D eigenvalue weighted by Gasteiger charge is -2.22. The molecule has 0 amide bonds. The zero-order valence-electron chi connectivity index (χ0n) is 23.8. The molecule has 0 aromatic carbocycles. The summed E-state index contributed by atoms with van der Waals surface area (Å²) in [6.07, 6.45) is 10.8. The standard InChI is InChI=1S/C28H40N8OSSi/c1-34(2)12-13-35-19-23(18-30-35)22-16-25-24(29-17-22)10-11-26(31-25)36(20-37-14-15-39(3,4)5)28-33-32-27(38-28)21-8-6-7-9-21/h10-11,16-19,21H,6-9,12-15,20H2,1-5H3. The zero-order chi connectivity index (χ0) is 27.4. The molecule has 5 rings (SSSR count). The number of aromatic nitrogens is 6. The van der Waals surface area contributed by atoms with Crippen LogP contribution < -0.4 is 4.90 Å². The summed E-state index contributed by atoms with van der Waals surface area (Å²) >= 11 is 1.67. The van der Waals surface area contributed by atoms with Crippen LogP contribution in [0.4, 0.5) is 10.9 Å². The van der Waals surface area contributed by atoms with Gasteiger partial charge in [-0.05, 0) is 51.2 Å². The molecule has 0 spiro atoms. The van der Waals surface area contributed by atoms with E-state index in [4.69, 9.17) is 14.7 Å². The molecule has 0 N–H and O–H groups in total. The van der Waals surface area contributed by atoms with Crippen LogP contribution >= 0.6 is 11.3 Å². The second-order valence-corrected chi connectivity index (χ2v) is 18.5. The minimum absolute atomic E-state index is 0.397. The molecule has 1 aliphatic rings. The Morgan fingerprint density at radius 1 is 1.05 bits per heavy atom. The van der Waals surface area contributed by atoms with E-state index in [1.165, 1.54) is 25.7 Å². The van der Waals surface area contributed by atoms with E-state index in [-0.39, 0.29) is 0 Å². The van der Waals surface area contributed by atoms with Crippen molar-refractivity contribution in [2.24, 2.45) is 0 Å². The SMILES string of the molecule is CN(C)CCn1cc(-c2cnc3ccc(N(COCC[Si](C)(C)C)c4nnc(C5CCCC5)s4)nc3c2)cn1. The Morgan fingerprint density at radius 2 is 1.87 bits per heavy atom. The van der Waals surface area contributed by atoms with Crippen LogP contribution in [0, 0.1) is 0 Å². The average molecular weight is 565 g/mol. The maximum atomic E-state index is 6.19. The van der Waals surface area contributed by atoms with Gasteiger partial charge in [0.1, 0.15) is 17.6 Å². The van der Waals surface area contributed by atoms with E-state index in [0.29, 0.717) is 12.6 Å². The van der Waals surface area contributed by atoms with Crippen LogP contribution in [-0.4, -0.2) is 76.9 Å². The fourth-order valence-corrected chi connectivity index (χ4v) is 6.43. The number of fused-ring (bicyclic) bond motifs is 1. The largest absolute Gasteiger partial charge is 0.361 e. The Hall–Kier alpha value is -2.73. The molecular formula is C28H40N8OSSi. The molecule has 4 aromatic heterocycles. The van der Waals surface area contributed by atoms with Crippen molar-refractivity contribution in [3.05, 3.63) is 41.8 Å². The molecule has 1 saturated carbocycles. The smallest absolute Gasteiger partial charge is 0.215 e. The van der Waals surface area contributed by atoms with Crippen LogP contribution in [-0.2, 0) is 11.3 Å². The number of anilines is 2. The third-order valence-electron chi connectivity index (χ3n) is 7.12. The Morgan fingerprint density at radius 3 is 2.64 bits per heavy atom. The predicted molar refractivity (Wildman–Crippen MR) is 162 cm³/mol. The Labute approximate surface area is 236 Å². The highest BCUT2D eigenvalue weighted by Crippen LogP contribution is 2.38. The zero-order valence-corrected chi connectivity index (χ0v) is 25.6. The maximum absolute atomic E-state index is 6.19. The molecule has 208 valence electrons. The first-order chi connectivity index (χ1) is 18.7. The molecule has 11 heteroatoms. The van der Waals surface area contributed by atoms with Crippen LogP contribution in [0.2, 0.25) is 25.7 Å². The van der Waals surface area contributed by atoms with E-state index in [1.54, 1.807) is 11.3 Å². The number of nitrogens with zero attached hydrogens (tertiary/aromatic N) is 8. The van der Waals surface area contributed by atoms with Crippen molar-refractivity contribution in [1.29, 1.82) is 0 Å². The van der Waals surface area contributed by atoms with Crippen molar-refractivity contribution in [3.8, 4) is 11.1 Å². The average Bonchev–Trinajstić information content (AvgIpc) is 3.68. The summed E-state index contributed by atoms with van der Waals surface area (Å²) in [4.78, 5) is 13.9. The summed E-state index contributed by atoms with van der Waals surface area (Å²) in [5.41, 5.74) is 3.72. The normalized spacial score (nSPS) is 14.6. The minimum Gasteiger partial charge on any atom is -0.361 e. The number of pyridine rings is 2. The van der Waals surface area contributed by atoms with Crippen molar-refractivity contribution < 1.29 is 4.74 Å². The highest BCUT2D eigenvalue weighted by Gasteiger charge is 2.24. The summed E-state index contributed by atoms with van der Waals surface area (Å²) in [6, 6.07) is 7.24. The van der Waals surface area contributed by atoms with E-state index in [9.17, 15) is 0 Å². The van der Waals surface area contributed by atoms with Gasteiger partial charge in [-0.1, -0.05) is 43.8 Å². The van der Waals surface area contributed by atoms with Crippen LogP contribution in [0.15, 0.2) is 36.8 Å². The second-order valence-electron chi connectivity index (χ2n) is 11.9. The molecule has 9 nitrogen and oxygen atoms in total. The topological polar surface area (TPSA) is 85.1 Å². The molecular weight excluding hydrogens is 525 g/mol. The predicted octanol–water partition coefficient (Wildman–Crippen LogP) is 6.01. The Bertz CT molecular complexity index is 1380. The fraction of sp³-hybridized carbons (Fsp3) is 0.536. The van der Waals surface area contributed by atoms with Crippen molar-refractivity contribution >= 4 is 41.4 Å². The van der Waals surface area contributed by atoms with Gasteiger partial charge in [0, 0.05) is 50.7 Å². The van der Waals surface area contributed by atoms with Gasteiger partial charge in [-0.15, -0.1) is 10.2 Å². The van der Waals surface area contributed by atoms with Crippen LogP contribution in [0.5, 0.6) is 0 Å². The molecule has 0 saturated heterocycles. The second kappa shape index (κ2) is 12.2. The van der Waals surface area contributed by atoms with Crippen molar-refractivity contribution in [2.45, 2.75) is 63.8 Å². The first-order valence-electron chi connectivity index (χ1n) is 13.9. The third-order valence-corrected chi connectivity index (χ3v) is 9.94. The number of rotatable bonds is 12. The van der Waals surface area contributed by atoms with Crippen LogP contribution in [0.25, 0.3) is 22.2 Å². The van der Waals surface area contributed by atoms with Crippen LogP contribution in [0.3, 0.4) is 0 Å². The lowest BCUT2D eigenvalue weighted by molar-refractivity contribution is 0.153. The van der Waals surface area contributed by atoms with Crippen LogP contribution in [0.1, 0.15) is 36.6 Å². The van der Waals surface area contributed by atoms with Gasteiger partial charge < -0.3 is 9.64 Å². The first kappa shape index (κ1) is 27.8. The first-order valence-corrected chi connectivity index (χ1v) is 18.4. The molecule has 0 bridgehead atoms. The molecule has 0 aliphatic heterocycles. The highest BCUT2D eigenvalue weighted by atomic mass is 32.1. The van der Waals surface area contributed by atoms with Crippen molar-refractivity contribution in [2.75, 3.05) is 38.9 Å². The third kappa shape index (κ3) is 7.27. The molecule has 0 unspecified atom stereocenters. The maximum Gasteiger partial charge on any atom is 0.215 e. The molecule has 39 heavy (non-hydrogen) atoms. The van der Waals surface area contributed by atoms with Gasteiger partial charge in [0.25, 0.3) is 0 Å². The molecule has 0 radical (unpaired) electrons. The summed E-state index contributed by atoms with van der Waals surface area (Å²) in [5.74, 6) is 1.33. The van der Waals surface area contributed by atoms with Gasteiger partial charge in [0.2, 0.25) is 5.13 Å². The Balaban J connectivity index is 1.41. The number of likely N-dealkylation sites (N-methyl/N-ethyl adjacent to an activating group) is 1. The molecule has 1 aliphatic carbocycles. The minimum atomic E-state index is -1.19. The monoisotopic (exact) mass is 564 g/mol. The van der Waals surface area contributed by atoms with Gasteiger partial charge in [-0.3, -0.25) is 14.6 Å². The van der Waals surface area contributed by atoms with E-state index in [1.807, 2.05) is 29.2 Å². The number of ether oxygens (including phenoxy) is 1. The van der Waals surface area contributed by atoms with E-state index < -0.39 is 8.07 Å². The lowest BCUT2D eigenvalue weighted by Crippen LogP contribution is -2.26. The number of hydrogen-bond acceptors (Lipinski definition) is 9. The van der Waals surface area contributed by atoms with E-state index >= 15 is 0 Å². The molecule has 4 aromatic rings. The summed E-state index contributed by atoms with van der Waals surface area (Å²) in [5, 5.41) is 15.7. The summed E-state index contributed by atoms with van der Waals surface area (Å²) < 4.78 is 8.16. The van der Waals surface area contributed by atoms with Gasteiger partial charge in [0.05, 0.1) is 23.8 Å².